The number of primary amides is 1. The fourth-order valence-electron chi connectivity index (χ4n) is 1.20. The van der Waals surface area contributed by atoms with Gasteiger partial charge in [0.1, 0.15) is 5.69 Å². The average molecular weight is 206 g/mol. The zero-order valence-corrected chi connectivity index (χ0v) is 8.86. The molecule has 0 atom stereocenters. The molecule has 4 heteroatoms. The van der Waals surface area contributed by atoms with E-state index in [0.717, 1.165) is 0 Å². The highest BCUT2D eigenvalue weighted by molar-refractivity contribution is 5.80. The van der Waals surface area contributed by atoms with Crippen LogP contribution in [-0.2, 0) is 11.2 Å². The number of amides is 1. The zero-order chi connectivity index (χ0) is 11.5. The summed E-state index contributed by atoms with van der Waals surface area (Å²) in [6.45, 7) is 3.51. The molecule has 15 heavy (non-hydrogen) atoms. The average Bonchev–Trinajstić information content (AvgIpc) is 2.17. The standard InChI is InChI=1S/C11H14N2O2/c1-11(2,10(12)15)6-8-4-3-5-9(7-14)13-8/h3-5,7H,6H2,1-2H3,(H2,12,15). The molecule has 1 aromatic rings. The molecule has 0 radical (unpaired) electrons. The third-order valence-electron chi connectivity index (χ3n) is 2.24. The Labute approximate surface area is 88.5 Å². The topological polar surface area (TPSA) is 73.1 Å². The maximum atomic E-state index is 11.1. The van der Waals surface area contributed by atoms with E-state index >= 15 is 0 Å². The maximum Gasteiger partial charge on any atom is 0.223 e. The molecule has 80 valence electrons. The molecule has 0 saturated heterocycles. The SMILES string of the molecule is CC(C)(Cc1cccc(C=O)n1)C(N)=O. The quantitative estimate of drug-likeness (QED) is 0.745. The number of aldehydes is 1. The fraction of sp³-hybridized carbons (Fsp3) is 0.364. The Balaban J connectivity index is 2.89. The van der Waals surface area contributed by atoms with Gasteiger partial charge in [0.25, 0.3) is 0 Å². The lowest BCUT2D eigenvalue weighted by molar-refractivity contribution is -0.125. The van der Waals surface area contributed by atoms with Crippen LogP contribution in [0.2, 0.25) is 0 Å². The van der Waals surface area contributed by atoms with Gasteiger partial charge in [0.05, 0.1) is 0 Å². The number of hydrogen-bond acceptors (Lipinski definition) is 3. The van der Waals surface area contributed by atoms with Crippen LogP contribution < -0.4 is 5.73 Å². The van der Waals surface area contributed by atoms with Crippen molar-refractivity contribution < 1.29 is 9.59 Å². The minimum absolute atomic E-state index is 0.368. The molecule has 1 aromatic heterocycles. The molecular weight excluding hydrogens is 192 g/mol. The zero-order valence-electron chi connectivity index (χ0n) is 8.86. The monoisotopic (exact) mass is 206 g/mol. The summed E-state index contributed by atoms with van der Waals surface area (Å²) in [6.07, 6.45) is 1.12. The van der Waals surface area contributed by atoms with Gasteiger partial charge in [-0.25, -0.2) is 0 Å². The van der Waals surface area contributed by atoms with E-state index in [2.05, 4.69) is 4.98 Å². The van der Waals surface area contributed by atoms with E-state index in [4.69, 9.17) is 5.73 Å². The van der Waals surface area contributed by atoms with Crippen molar-refractivity contribution in [2.45, 2.75) is 20.3 Å². The smallest absolute Gasteiger partial charge is 0.223 e. The molecule has 1 rings (SSSR count). The normalized spacial score (nSPS) is 11.1. The molecule has 0 aliphatic rings. The second kappa shape index (κ2) is 4.21. The number of pyridine rings is 1. The van der Waals surface area contributed by atoms with Crippen molar-refractivity contribution >= 4 is 12.2 Å². The molecule has 0 unspecified atom stereocenters. The van der Waals surface area contributed by atoms with Crippen LogP contribution in [0.3, 0.4) is 0 Å². The van der Waals surface area contributed by atoms with Gasteiger partial charge < -0.3 is 5.73 Å². The molecule has 4 nitrogen and oxygen atoms in total. The first kappa shape index (κ1) is 11.4. The Bertz CT molecular complexity index is 386. The number of carbonyl (C=O) groups excluding carboxylic acids is 2. The maximum absolute atomic E-state index is 11.1. The number of nitrogens with two attached hydrogens (primary N) is 1. The van der Waals surface area contributed by atoms with Crippen LogP contribution in [0, 0.1) is 5.41 Å². The third-order valence-corrected chi connectivity index (χ3v) is 2.24. The van der Waals surface area contributed by atoms with Gasteiger partial charge >= 0.3 is 0 Å². The van der Waals surface area contributed by atoms with Gasteiger partial charge in [-0.1, -0.05) is 19.9 Å². The van der Waals surface area contributed by atoms with E-state index < -0.39 is 5.41 Å². The summed E-state index contributed by atoms with van der Waals surface area (Å²) in [5.74, 6) is -0.374. The predicted octanol–water partition coefficient (Wildman–Crippen LogP) is 0.948. The largest absolute Gasteiger partial charge is 0.369 e. The lowest BCUT2D eigenvalue weighted by Crippen LogP contribution is -2.33. The summed E-state index contributed by atoms with van der Waals surface area (Å²) in [5.41, 5.74) is 5.67. The van der Waals surface area contributed by atoms with Crippen molar-refractivity contribution in [1.29, 1.82) is 0 Å². The molecular formula is C11H14N2O2. The second-order valence-corrected chi connectivity index (χ2v) is 4.10. The van der Waals surface area contributed by atoms with Gasteiger partial charge in [-0.2, -0.15) is 0 Å². The van der Waals surface area contributed by atoms with Crippen LogP contribution in [0.5, 0.6) is 0 Å². The van der Waals surface area contributed by atoms with E-state index in [1.165, 1.54) is 0 Å². The minimum atomic E-state index is -0.644. The number of hydrogen-bond donors (Lipinski definition) is 1. The first-order chi connectivity index (χ1) is 6.95. The van der Waals surface area contributed by atoms with E-state index in [1.807, 2.05) is 0 Å². The number of aromatic nitrogens is 1. The van der Waals surface area contributed by atoms with Crippen LogP contribution in [0.1, 0.15) is 30.0 Å². The van der Waals surface area contributed by atoms with Crippen molar-refractivity contribution in [2.75, 3.05) is 0 Å². The Morgan fingerprint density at radius 1 is 1.53 bits per heavy atom. The molecule has 1 heterocycles. The lowest BCUT2D eigenvalue weighted by atomic mass is 9.87. The van der Waals surface area contributed by atoms with E-state index in [-0.39, 0.29) is 5.91 Å². The van der Waals surface area contributed by atoms with Gasteiger partial charge in [-0.15, -0.1) is 0 Å². The summed E-state index contributed by atoms with van der Waals surface area (Å²) in [5, 5.41) is 0. The minimum Gasteiger partial charge on any atom is -0.369 e. The summed E-state index contributed by atoms with van der Waals surface area (Å²) in [6, 6.07) is 5.13. The highest BCUT2D eigenvalue weighted by Gasteiger charge is 2.25. The molecule has 0 aromatic carbocycles. The highest BCUT2D eigenvalue weighted by Crippen LogP contribution is 2.19. The van der Waals surface area contributed by atoms with Crippen LogP contribution in [0.15, 0.2) is 18.2 Å². The van der Waals surface area contributed by atoms with Gasteiger partial charge in [-0.3, -0.25) is 14.6 Å². The van der Waals surface area contributed by atoms with E-state index in [9.17, 15) is 9.59 Å². The number of carbonyl (C=O) groups is 2. The van der Waals surface area contributed by atoms with Crippen molar-refractivity contribution in [3.63, 3.8) is 0 Å². The molecule has 0 aliphatic heterocycles. The van der Waals surface area contributed by atoms with Crippen LogP contribution in [0.25, 0.3) is 0 Å². The fourth-order valence-corrected chi connectivity index (χ4v) is 1.20. The Hall–Kier alpha value is -1.71. The number of nitrogens with zero attached hydrogens (tertiary/aromatic N) is 1. The second-order valence-electron chi connectivity index (χ2n) is 4.10. The van der Waals surface area contributed by atoms with E-state index in [0.29, 0.717) is 24.1 Å². The summed E-state index contributed by atoms with van der Waals surface area (Å²) < 4.78 is 0. The molecule has 0 aliphatic carbocycles. The Morgan fingerprint density at radius 3 is 2.73 bits per heavy atom. The van der Waals surface area contributed by atoms with Crippen molar-refractivity contribution in [3.8, 4) is 0 Å². The first-order valence-electron chi connectivity index (χ1n) is 4.67. The highest BCUT2D eigenvalue weighted by atomic mass is 16.1. The van der Waals surface area contributed by atoms with Crippen molar-refractivity contribution in [3.05, 3.63) is 29.6 Å². The summed E-state index contributed by atoms with van der Waals surface area (Å²) >= 11 is 0. The molecule has 0 saturated carbocycles. The van der Waals surface area contributed by atoms with Gasteiger partial charge in [0.2, 0.25) is 5.91 Å². The summed E-state index contributed by atoms with van der Waals surface area (Å²) in [7, 11) is 0. The van der Waals surface area contributed by atoms with Crippen LogP contribution in [0.4, 0.5) is 0 Å². The molecule has 1 amide bonds. The Morgan fingerprint density at radius 2 is 2.20 bits per heavy atom. The number of rotatable bonds is 4. The molecule has 0 spiro atoms. The van der Waals surface area contributed by atoms with Gasteiger partial charge in [0, 0.05) is 17.5 Å². The predicted molar refractivity (Wildman–Crippen MR) is 56.3 cm³/mol. The van der Waals surface area contributed by atoms with Crippen molar-refractivity contribution in [2.24, 2.45) is 11.1 Å². The summed E-state index contributed by atoms with van der Waals surface area (Å²) in [4.78, 5) is 25.7. The molecule has 2 N–H and O–H groups in total. The van der Waals surface area contributed by atoms with Crippen LogP contribution in [-0.4, -0.2) is 17.2 Å². The Kier molecular flexibility index (Phi) is 3.19. The van der Waals surface area contributed by atoms with Gasteiger partial charge in [0.15, 0.2) is 6.29 Å². The van der Waals surface area contributed by atoms with Crippen LogP contribution >= 0.6 is 0 Å². The molecule has 0 fully saturated rings. The lowest BCUT2D eigenvalue weighted by Gasteiger charge is -2.19. The van der Waals surface area contributed by atoms with E-state index in [1.54, 1.807) is 32.0 Å². The first-order valence-corrected chi connectivity index (χ1v) is 4.67. The molecule has 0 bridgehead atoms. The van der Waals surface area contributed by atoms with Crippen molar-refractivity contribution in [1.82, 2.24) is 4.98 Å². The van der Waals surface area contributed by atoms with Gasteiger partial charge in [-0.05, 0) is 12.1 Å². The third kappa shape index (κ3) is 2.87.